The Morgan fingerprint density at radius 2 is 2.14 bits per heavy atom. The number of carbonyl (C=O) groups excluding carboxylic acids is 1. The van der Waals surface area contributed by atoms with E-state index in [1.807, 2.05) is 12.1 Å². The third-order valence-electron chi connectivity index (χ3n) is 4.62. The molecule has 0 radical (unpaired) electrons. The van der Waals surface area contributed by atoms with Crippen molar-refractivity contribution in [1.29, 1.82) is 0 Å². The third kappa shape index (κ3) is 2.61. The standard InChI is InChI=1S/C18H20N2O2/c1-11-8-15(11)17-6-4-14(22-17)10-19-13-3-5-16-12(9-13)2-7-18(21)20-16/h3-6,9,11,15,19H,2,7-8,10H2,1H3,(H,20,21). The lowest BCUT2D eigenvalue weighted by molar-refractivity contribution is -0.116. The molecule has 114 valence electrons. The number of benzene rings is 1. The molecule has 1 amide bonds. The first-order chi connectivity index (χ1) is 10.7. The smallest absolute Gasteiger partial charge is 0.224 e. The Morgan fingerprint density at radius 1 is 1.27 bits per heavy atom. The number of fused-ring (bicyclic) bond motifs is 1. The Hall–Kier alpha value is -2.23. The molecule has 1 aromatic carbocycles. The Balaban J connectivity index is 1.41. The van der Waals surface area contributed by atoms with Crippen LogP contribution in [0.3, 0.4) is 0 Å². The van der Waals surface area contributed by atoms with Crippen LogP contribution in [0.15, 0.2) is 34.7 Å². The number of hydrogen-bond donors (Lipinski definition) is 2. The summed E-state index contributed by atoms with van der Waals surface area (Å²) in [5.41, 5.74) is 3.19. The van der Waals surface area contributed by atoms with Crippen LogP contribution in [0.25, 0.3) is 0 Å². The van der Waals surface area contributed by atoms with Crippen molar-refractivity contribution in [2.75, 3.05) is 10.6 Å². The molecule has 1 aromatic heterocycles. The van der Waals surface area contributed by atoms with Gasteiger partial charge in [0.25, 0.3) is 0 Å². The molecule has 2 atom stereocenters. The molecule has 4 rings (SSSR count). The summed E-state index contributed by atoms with van der Waals surface area (Å²) in [6.45, 7) is 2.95. The molecular weight excluding hydrogens is 276 g/mol. The van der Waals surface area contributed by atoms with Gasteiger partial charge in [-0.3, -0.25) is 4.79 Å². The van der Waals surface area contributed by atoms with Crippen molar-refractivity contribution >= 4 is 17.3 Å². The number of rotatable bonds is 4. The van der Waals surface area contributed by atoms with Crippen LogP contribution < -0.4 is 10.6 Å². The molecule has 4 nitrogen and oxygen atoms in total. The van der Waals surface area contributed by atoms with Gasteiger partial charge < -0.3 is 15.1 Å². The van der Waals surface area contributed by atoms with Gasteiger partial charge in [-0.05, 0) is 54.7 Å². The fraction of sp³-hybridized carbons (Fsp3) is 0.389. The molecule has 0 spiro atoms. The number of hydrogen-bond acceptors (Lipinski definition) is 3. The molecule has 1 saturated carbocycles. The minimum atomic E-state index is 0.102. The molecule has 2 heterocycles. The molecule has 1 aliphatic carbocycles. The molecule has 1 fully saturated rings. The summed E-state index contributed by atoms with van der Waals surface area (Å²) in [7, 11) is 0. The highest BCUT2D eigenvalue weighted by Crippen LogP contribution is 2.47. The molecule has 2 N–H and O–H groups in total. The fourth-order valence-corrected chi connectivity index (χ4v) is 3.09. The van der Waals surface area contributed by atoms with Gasteiger partial charge in [-0.2, -0.15) is 0 Å². The number of carbonyl (C=O) groups is 1. The van der Waals surface area contributed by atoms with Gasteiger partial charge in [0, 0.05) is 23.7 Å². The van der Waals surface area contributed by atoms with Crippen molar-refractivity contribution in [3.63, 3.8) is 0 Å². The number of furan rings is 1. The van der Waals surface area contributed by atoms with E-state index in [4.69, 9.17) is 4.42 Å². The second kappa shape index (κ2) is 5.20. The first kappa shape index (κ1) is 13.4. The van der Waals surface area contributed by atoms with Gasteiger partial charge in [-0.15, -0.1) is 0 Å². The Labute approximate surface area is 129 Å². The normalized spacial score (nSPS) is 22.9. The number of amides is 1. The van der Waals surface area contributed by atoms with Crippen LogP contribution >= 0.6 is 0 Å². The maximum atomic E-state index is 11.4. The first-order valence-electron chi connectivity index (χ1n) is 7.94. The van der Waals surface area contributed by atoms with Gasteiger partial charge in [0.1, 0.15) is 11.5 Å². The zero-order chi connectivity index (χ0) is 15.1. The van der Waals surface area contributed by atoms with Crippen LogP contribution in [0, 0.1) is 5.92 Å². The van der Waals surface area contributed by atoms with E-state index in [2.05, 4.69) is 35.8 Å². The van der Waals surface area contributed by atoms with Gasteiger partial charge >= 0.3 is 0 Å². The van der Waals surface area contributed by atoms with E-state index in [9.17, 15) is 4.79 Å². The summed E-state index contributed by atoms with van der Waals surface area (Å²) in [4.78, 5) is 11.4. The summed E-state index contributed by atoms with van der Waals surface area (Å²) >= 11 is 0. The van der Waals surface area contributed by atoms with E-state index in [0.717, 1.165) is 35.2 Å². The fourth-order valence-electron chi connectivity index (χ4n) is 3.09. The number of nitrogens with one attached hydrogen (secondary N) is 2. The van der Waals surface area contributed by atoms with E-state index in [0.29, 0.717) is 18.9 Å². The lowest BCUT2D eigenvalue weighted by atomic mass is 10.0. The summed E-state index contributed by atoms with van der Waals surface area (Å²) in [6.07, 6.45) is 2.62. The molecule has 0 bridgehead atoms. The average Bonchev–Trinajstić information content (AvgIpc) is 3.07. The third-order valence-corrected chi connectivity index (χ3v) is 4.62. The predicted molar refractivity (Wildman–Crippen MR) is 85.9 cm³/mol. The Morgan fingerprint density at radius 3 is 2.95 bits per heavy atom. The SMILES string of the molecule is CC1CC1c1ccc(CNc2ccc3c(c2)CCC(=O)N3)o1. The molecule has 2 aromatic rings. The topological polar surface area (TPSA) is 54.3 Å². The van der Waals surface area contributed by atoms with E-state index in [1.165, 1.54) is 12.0 Å². The number of aryl methyl sites for hydroxylation is 1. The van der Waals surface area contributed by atoms with Crippen LogP contribution in [-0.2, 0) is 17.8 Å². The van der Waals surface area contributed by atoms with Gasteiger partial charge in [-0.25, -0.2) is 0 Å². The van der Waals surface area contributed by atoms with E-state index in [1.54, 1.807) is 0 Å². The molecule has 2 aliphatic rings. The minimum Gasteiger partial charge on any atom is -0.464 e. The van der Waals surface area contributed by atoms with Crippen LogP contribution in [0.1, 0.15) is 42.8 Å². The highest BCUT2D eigenvalue weighted by atomic mass is 16.3. The maximum Gasteiger partial charge on any atom is 0.224 e. The molecule has 0 saturated heterocycles. The molecule has 22 heavy (non-hydrogen) atoms. The predicted octanol–water partition coefficient (Wildman–Crippen LogP) is 3.90. The molecule has 1 aliphatic heterocycles. The molecular formula is C18H20N2O2. The van der Waals surface area contributed by atoms with Crippen molar-refractivity contribution in [3.8, 4) is 0 Å². The van der Waals surface area contributed by atoms with Gasteiger partial charge in [0.15, 0.2) is 0 Å². The summed E-state index contributed by atoms with van der Waals surface area (Å²) in [5, 5.41) is 6.30. The van der Waals surface area contributed by atoms with Gasteiger partial charge in [0.2, 0.25) is 5.91 Å². The van der Waals surface area contributed by atoms with Crippen LogP contribution in [0.5, 0.6) is 0 Å². The van der Waals surface area contributed by atoms with Gasteiger partial charge in [-0.1, -0.05) is 6.92 Å². The molecule has 2 unspecified atom stereocenters. The van der Waals surface area contributed by atoms with E-state index >= 15 is 0 Å². The average molecular weight is 296 g/mol. The summed E-state index contributed by atoms with van der Waals surface area (Å²) in [6, 6.07) is 10.2. The first-order valence-corrected chi connectivity index (χ1v) is 7.94. The monoisotopic (exact) mass is 296 g/mol. The van der Waals surface area contributed by atoms with Crippen LogP contribution in [0.4, 0.5) is 11.4 Å². The Kier molecular flexibility index (Phi) is 3.17. The minimum absolute atomic E-state index is 0.102. The van der Waals surface area contributed by atoms with Crippen molar-refractivity contribution < 1.29 is 9.21 Å². The van der Waals surface area contributed by atoms with Crippen LogP contribution in [-0.4, -0.2) is 5.91 Å². The summed E-state index contributed by atoms with van der Waals surface area (Å²) < 4.78 is 5.91. The quantitative estimate of drug-likeness (QED) is 0.899. The summed E-state index contributed by atoms with van der Waals surface area (Å²) in [5.74, 6) is 3.59. The lowest BCUT2D eigenvalue weighted by Gasteiger charge is -2.17. The maximum absolute atomic E-state index is 11.4. The largest absolute Gasteiger partial charge is 0.464 e. The van der Waals surface area contributed by atoms with E-state index < -0.39 is 0 Å². The van der Waals surface area contributed by atoms with Crippen molar-refractivity contribution in [2.24, 2.45) is 5.92 Å². The second-order valence-electron chi connectivity index (χ2n) is 6.40. The zero-order valence-electron chi connectivity index (χ0n) is 12.7. The highest BCUT2D eigenvalue weighted by molar-refractivity contribution is 5.94. The van der Waals surface area contributed by atoms with Crippen molar-refractivity contribution in [3.05, 3.63) is 47.4 Å². The van der Waals surface area contributed by atoms with Gasteiger partial charge in [0.05, 0.1) is 6.54 Å². The molecule has 4 heteroatoms. The number of anilines is 2. The van der Waals surface area contributed by atoms with Crippen LogP contribution in [0.2, 0.25) is 0 Å². The Bertz CT molecular complexity index is 720. The van der Waals surface area contributed by atoms with Crippen molar-refractivity contribution in [1.82, 2.24) is 0 Å². The highest BCUT2D eigenvalue weighted by Gasteiger charge is 2.36. The second-order valence-corrected chi connectivity index (χ2v) is 6.40. The zero-order valence-corrected chi connectivity index (χ0v) is 12.7. The van der Waals surface area contributed by atoms with Crippen molar-refractivity contribution in [2.45, 2.75) is 38.6 Å². The van der Waals surface area contributed by atoms with E-state index in [-0.39, 0.29) is 5.91 Å². The lowest BCUT2D eigenvalue weighted by Crippen LogP contribution is -2.18.